The minimum atomic E-state index is -4.63. The Hall–Kier alpha value is -3.50. The summed E-state index contributed by atoms with van der Waals surface area (Å²) in [6, 6.07) is 4.08. The number of rotatable bonds is 4. The highest BCUT2D eigenvalue weighted by molar-refractivity contribution is 5.97. The van der Waals surface area contributed by atoms with Gasteiger partial charge in [-0.1, -0.05) is 0 Å². The van der Waals surface area contributed by atoms with Gasteiger partial charge in [-0.15, -0.1) is 5.10 Å². The van der Waals surface area contributed by atoms with Crippen LogP contribution in [0.1, 0.15) is 47.4 Å². The van der Waals surface area contributed by atoms with E-state index in [1.807, 2.05) is 6.92 Å². The molecule has 0 unspecified atom stereocenters. The second-order valence-corrected chi connectivity index (χ2v) is 7.17. The van der Waals surface area contributed by atoms with Crippen LogP contribution in [0.25, 0.3) is 28.1 Å². The predicted octanol–water partition coefficient (Wildman–Crippen LogP) is 3.76. The van der Waals surface area contributed by atoms with Crippen molar-refractivity contribution in [3.05, 3.63) is 41.3 Å². The van der Waals surface area contributed by atoms with Crippen LogP contribution in [0, 0.1) is 0 Å². The number of alkyl halides is 3. The highest BCUT2D eigenvalue weighted by Crippen LogP contribution is 2.45. The number of carboxylic acid groups (broad SMARTS) is 1. The Balaban J connectivity index is 1.88. The SMILES string of the molecule is CCn1nccc1-c1cc(C(=O)O)n2nc3nc(C(F)(F)F)cc(C4CC4)c3c2n1. The van der Waals surface area contributed by atoms with Crippen LogP contribution in [0.15, 0.2) is 24.4 Å². The molecule has 4 aromatic rings. The van der Waals surface area contributed by atoms with Gasteiger partial charge in [0.25, 0.3) is 0 Å². The molecule has 30 heavy (non-hydrogen) atoms. The van der Waals surface area contributed by atoms with Crippen LogP contribution in [0.3, 0.4) is 0 Å². The zero-order valence-electron chi connectivity index (χ0n) is 15.7. The maximum atomic E-state index is 13.4. The van der Waals surface area contributed by atoms with Gasteiger partial charge in [0.05, 0.1) is 16.8 Å². The molecule has 5 rings (SSSR count). The van der Waals surface area contributed by atoms with E-state index in [0.29, 0.717) is 28.9 Å². The van der Waals surface area contributed by atoms with Gasteiger partial charge in [-0.2, -0.15) is 18.3 Å². The molecule has 8 nitrogen and oxygen atoms in total. The number of aryl methyl sites for hydroxylation is 1. The van der Waals surface area contributed by atoms with E-state index < -0.39 is 17.8 Å². The molecule has 0 saturated heterocycles. The number of nitrogens with zero attached hydrogens (tertiary/aromatic N) is 6. The molecule has 1 aliphatic carbocycles. The van der Waals surface area contributed by atoms with Crippen LogP contribution < -0.4 is 0 Å². The van der Waals surface area contributed by atoms with Crippen LogP contribution in [0.2, 0.25) is 0 Å². The van der Waals surface area contributed by atoms with Gasteiger partial charge in [0.15, 0.2) is 17.0 Å². The van der Waals surface area contributed by atoms with Crippen LogP contribution in [0.4, 0.5) is 13.2 Å². The van der Waals surface area contributed by atoms with Gasteiger partial charge in [-0.05, 0) is 49.4 Å². The summed E-state index contributed by atoms with van der Waals surface area (Å²) in [5.74, 6) is -1.33. The summed E-state index contributed by atoms with van der Waals surface area (Å²) >= 11 is 0. The van der Waals surface area contributed by atoms with Crippen molar-refractivity contribution in [2.45, 2.75) is 38.4 Å². The first-order valence-corrected chi connectivity index (χ1v) is 9.35. The van der Waals surface area contributed by atoms with E-state index in [1.54, 1.807) is 16.9 Å². The van der Waals surface area contributed by atoms with E-state index in [9.17, 15) is 23.1 Å². The minimum absolute atomic E-state index is 0.0514. The Labute approximate surface area is 167 Å². The molecule has 4 aromatic heterocycles. The number of carboxylic acids is 1. The van der Waals surface area contributed by atoms with Gasteiger partial charge in [0.1, 0.15) is 5.69 Å². The number of hydrogen-bond donors (Lipinski definition) is 1. The van der Waals surface area contributed by atoms with E-state index >= 15 is 0 Å². The second kappa shape index (κ2) is 6.25. The van der Waals surface area contributed by atoms with Crippen molar-refractivity contribution in [2.24, 2.45) is 0 Å². The standard InChI is InChI=1S/C19H15F3N6O2/c1-2-27-12(5-6-23-27)11-8-13(18(29)30)28-17(24-11)15-10(9-3-4-9)7-14(19(20,21)22)25-16(15)26-28/h5-9H,2-4H2,1H3,(H,29,30). The highest BCUT2D eigenvalue weighted by atomic mass is 19.4. The molecule has 4 heterocycles. The fourth-order valence-electron chi connectivity index (χ4n) is 3.66. The summed E-state index contributed by atoms with van der Waals surface area (Å²) in [5.41, 5.74) is 0.156. The molecule has 1 fully saturated rings. The Morgan fingerprint density at radius 3 is 2.67 bits per heavy atom. The van der Waals surface area contributed by atoms with Gasteiger partial charge < -0.3 is 5.11 Å². The molecule has 0 bridgehead atoms. The molecule has 0 aliphatic heterocycles. The number of pyridine rings is 1. The third kappa shape index (κ3) is 2.80. The van der Waals surface area contributed by atoms with Crippen molar-refractivity contribution in [1.29, 1.82) is 0 Å². The molecule has 154 valence electrons. The minimum Gasteiger partial charge on any atom is -0.477 e. The third-order valence-electron chi connectivity index (χ3n) is 5.18. The summed E-state index contributed by atoms with van der Waals surface area (Å²) in [4.78, 5) is 20.2. The molecular weight excluding hydrogens is 401 g/mol. The largest absolute Gasteiger partial charge is 0.477 e. The third-order valence-corrected chi connectivity index (χ3v) is 5.18. The fraction of sp³-hybridized carbons (Fsp3) is 0.316. The lowest BCUT2D eigenvalue weighted by atomic mass is 10.1. The van der Waals surface area contributed by atoms with E-state index in [-0.39, 0.29) is 22.9 Å². The van der Waals surface area contributed by atoms with Crippen molar-refractivity contribution in [3.8, 4) is 11.4 Å². The van der Waals surface area contributed by atoms with Crippen molar-refractivity contribution in [1.82, 2.24) is 29.4 Å². The monoisotopic (exact) mass is 416 g/mol. The molecule has 1 saturated carbocycles. The first-order chi connectivity index (χ1) is 14.3. The Bertz CT molecular complexity index is 1320. The lowest BCUT2D eigenvalue weighted by Crippen LogP contribution is -2.09. The van der Waals surface area contributed by atoms with Gasteiger partial charge in [-0.3, -0.25) is 4.68 Å². The van der Waals surface area contributed by atoms with Crippen LogP contribution in [-0.4, -0.2) is 40.4 Å². The summed E-state index contributed by atoms with van der Waals surface area (Å²) in [5, 5.41) is 18.3. The molecular formula is C19H15F3N6O2. The predicted molar refractivity (Wildman–Crippen MR) is 99.1 cm³/mol. The van der Waals surface area contributed by atoms with Gasteiger partial charge in [-0.25, -0.2) is 19.3 Å². The molecule has 0 spiro atoms. The first kappa shape index (κ1) is 18.5. The topological polar surface area (TPSA) is 98.2 Å². The summed E-state index contributed by atoms with van der Waals surface area (Å²) in [6.07, 6.45) is -1.55. The summed E-state index contributed by atoms with van der Waals surface area (Å²) in [7, 11) is 0. The molecule has 0 radical (unpaired) electrons. The average Bonchev–Trinajstić information content (AvgIpc) is 3.31. The maximum Gasteiger partial charge on any atom is 0.433 e. The molecule has 0 amide bonds. The molecule has 1 N–H and O–H groups in total. The number of aromatic carboxylic acids is 1. The number of hydrogen-bond acceptors (Lipinski definition) is 5. The Morgan fingerprint density at radius 1 is 1.27 bits per heavy atom. The lowest BCUT2D eigenvalue weighted by molar-refractivity contribution is -0.141. The second-order valence-electron chi connectivity index (χ2n) is 7.17. The van der Waals surface area contributed by atoms with Crippen LogP contribution in [-0.2, 0) is 12.7 Å². The normalized spacial score (nSPS) is 14.7. The van der Waals surface area contributed by atoms with Gasteiger partial charge in [0.2, 0.25) is 0 Å². The summed E-state index contributed by atoms with van der Waals surface area (Å²) < 4.78 is 42.8. The van der Waals surface area contributed by atoms with Crippen molar-refractivity contribution in [2.75, 3.05) is 0 Å². The molecule has 1 aliphatic rings. The number of fused-ring (bicyclic) bond motifs is 3. The smallest absolute Gasteiger partial charge is 0.433 e. The average molecular weight is 416 g/mol. The Kier molecular flexibility index (Phi) is 3.86. The first-order valence-electron chi connectivity index (χ1n) is 9.35. The van der Waals surface area contributed by atoms with Gasteiger partial charge >= 0.3 is 12.1 Å². The van der Waals surface area contributed by atoms with Crippen LogP contribution >= 0.6 is 0 Å². The quantitative estimate of drug-likeness (QED) is 0.544. The maximum absolute atomic E-state index is 13.4. The van der Waals surface area contributed by atoms with Gasteiger partial charge in [0, 0.05) is 12.7 Å². The zero-order chi connectivity index (χ0) is 21.2. The van der Waals surface area contributed by atoms with Crippen LogP contribution in [0.5, 0.6) is 0 Å². The molecule has 0 aromatic carbocycles. The number of carbonyl (C=O) groups is 1. The Morgan fingerprint density at radius 2 is 2.03 bits per heavy atom. The van der Waals surface area contributed by atoms with Crippen molar-refractivity contribution >= 4 is 22.6 Å². The molecule has 0 atom stereocenters. The van der Waals surface area contributed by atoms with Crippen molar-refractivity contribution in [3.63, 3.8) is 0 Å². The highest BCUT2D eigenvalue weighted by Gasteiger charge is 2.37. The van der Waals surface area contributed by atoms with E-state index in [2.05, 4.69) is 20.2 Å². The number of halogens is 3. The number of aromatic nitrogens is 6. The lowest BCUT2D eigenvalue weighted by Gasteiger charge is -2.09. The summed E-state index contributed by atoms with van der Waals surface area (Å²) in [6.45, 7) is 2.43. The van der Waals surface area contributed by atoms with E-state index in [0.717, 1.165) is 23.4 Å². The van der Waals surface area contributed by atoms with E-state index in [4.69, 9.17) is 0 Å². The molecule has 11 heteroatoms. The zero-order valence-corrected chi connectivity index (χ0v) is 15.7. The fourth-order valence-corrected chi connectivity index (χ4v) is 3.66. The van der Waals surface area contributed by atoms with Crippen molar-refractivity contribution < 1.29 is 23.1 Å². The van der Waals surface area contributed by atoms with E-state index in [1.165, 1.54) is 6.07 Å².